The lowest BCUT2D eigenvalue weighted by atomic mass is 10.2. The molecule has 0 amide bonds. The van der Waals surface area contributed by atoms with Crippen molar-refractivity contribution in [3.05, 3.63) is 0 Å². The van der Waals surface area contributed by atoms with Gasteiger partial charge >= 0.3 is 0 Å². The third-order valence-corrected chi connectivity index (χ3v) is 2.19. The molecule has 0 bridgehead atoms. The van der Waals surface area contributed by atoms with Gasteiger partial charge in [0.2, 0.25) is 0 Å². The van der Waals surface area contributed by atoms with Crippen LogP contribution in [0.25, 0.3) is 0 Å². The molecule has 14 heavy (non-hydrogen) atoms. The van der Waals surface area contributed by atoms with Crippen molar-refractivity contribution >= 4 is 0 Å². The topological polar surface area (TPSA) is 40.5 Å². The van der Waals surface area contributed by atoms with Gasteiger partial charge in [-0.3, -0.25) is 0 Å². The monoisotopic (exact) mass is 204 g/mol. The van der Waals surface area contributed by atoms with E-state index >= 15 is 0 Å². The lowest BCUT2D eigenvalue weighted by molar-refractivity contribution is 0.159. The Morgan fingerprint density at radius 3 is 1.07 bits per heavy atom. The van der Waals surface area contributed by atoms with E-state index in [0.29, 0.717) is 0 Å². The highest BCUT2D eigenvalue weighted by Gasteiger charge is 1.95. The van der Waals surface area contributed by atoms with Gasteiger partial charge in [0.1, 0.15) is 0 Å². The van der Waals surface area contributed by atoms with Crippen LogP contribution in [-0.2, 0) is 0 Å². The molecule has 2 atom stereocenters. The van der Waals surface area contributed by atoms with Crippen LogP contribution in [0.3, 0.4) is 0 Å². The van der Waals surface area contributed by atoms with E-state index in [-0.39, 0.29) is 12.2 Å². The van der Waals surface area contributed by atoms with Gasteiger partial charge in [-0.05, 0) is 25.7 Å². The summed E-state index contributed by atoms with van der Waals surface area (Å²) in [7, 11) is 0. The van der Waals surface area contributed by atoms with E-state index in [1.165, 1.54) is 0 Å². The molecule has 0 rings (SSSR count). The van der Waals surface area contributed by atoms with Crippen molar-refractivity contribution in [1.29, 1.82) is 0 Å². The highest BCUT2D eigenvalue weighted by molar-refractivity contribution is 4.48. The van der Waals surface area contributed by atoms with Crippen LogP contribution in [0.5, 0.6) is 0 Å². The maximum atomic E-state index is 8.86. The van der Waals surface area contributed by atoms with Crippen LogP contribution in [0.15, 0.2) is 0 Å². The molecule has 0 aromatic rings. The van der Waals surface area contributed by atoms with Crippen LogP contribution in [0.1, 0.15) is 66.2 Å². The lowest BCUT2D eigenvalue weighted by Crippen LogP contribution is -2.01. The molecular formula is C12H28O2. The third kappa shape index (κ3) is 14.4. The summed E-state index contributed by atoms with van der Waals surface area (Å²) in [4.78, 5) is 0. The lowest BCUT2D eigenvalue weighted by Gasteiger charge is -2.01. The van der Waals surface area contributed by atoms with Gasteiger partial charge in [0.25, 0.3) is 0 Å². The Balaban J connectivity index is 0. The van der Waals surface area contributed by atoms with E-state index in [2.05, 4.69) is 13.8 Å². The summed E-state index contributed by atoms with van der Waals surface area (Å²) < 4.78 is 0. The molecule has 88 valence electrons. The number of aliphatic hydroxyl groups excluding tert-OH is 2. The van der Waals surface area contributed by atoms with Gasteiger partial charge in [0.15, 0.2) is 0 Å². The van der Waals surface area contributed by atoms with E-state index in [1.807, 2.05) is 13.8 Å². The zero-order chi connectivity index (χ0) is 11.4. The predicted molar refractivity (Wildman–Crippen MR) is 62.4 cm³/mol. The van der Waals surface area contributed by atoms with Crippen molar-refractivity contribution < 1.29 is 10.2 Å². The molecule has 0 spiro atoms. The van der Waals surface area contributed by atoms with Gasteiger partial charge in [-0.15, -0.1) is 0 Å². The molecule has 0 aromatic heterocycles. The number of hydrogen-bond donors (Lipinski definition) is 2. The summed E-state index contributed by atoms with van der Waals surface area (Å²) in [6.45, 7) is 8.17. The standard InChI is InChI=1S/2C6H14O/c2*1-3-5-6(7)4-2/h2*6-7H,3-5H2,1-2H3. The molecule has 2 N–H and O–H groups in total. The first-order valence-electron chi connectivity index (χ1n) is 5.98. The van der Waals surface area contributed by atoms with Gasteiger partial charge in [0.05, 0.1) is 12.2 Å². The average molecular weight is 204 g/mol. The summed E-state index contributed by atoms with van der Waals surface area (Å²) in [6.07, 6.45) is 5.79. The molecule has 0 saturated carbocycles. The highest BCUT2D eigenvalue weighted by Crippen LogP contribution is 1.98. The van der Waals surface area contributed by atoms with Crippen LogP contribution in [0, 0.1) is 0 Å². The normalized spacial score (nSPS) is 14.1. The molecule has 0 aliphatic heterocycles. The van der Waals surface area contributed by atoms with E-state index in [4.69, 9.17) is 10.2 Å². The molecule has 0 heterocycles. The average Bonchev–Trinajstić information content (AvgIpc) is 2.19. The maximum Gasteiger partial charge on any atom is 0.0537 e. The fraction of sp³-hybridized carbons (Fsp3) is 1.00. The van der Waals surface area contributed by atoms with Crippen LogP contribution >= 0.6 is 0 Å². The largest absolute Gasteiger partial charge is 0.393 e. The molecule has 0 aliphatic rings. The fourth-order valence-corrected chi connectivity index (χ4v) is 1.07. The van der Waals surface area contributed by atoms with Crippen LogP contribution in [-0.4, -0.2) is 22.4 Å². The first-order chi connectivity index (χ1) is 6.62. The molecule has 0 aromatic carbocycles. The Labute approximate surface area is 89.3 Å². The summed E-state index contributed by atoms with van der Waals surface area (Å²) in [6, 6.07) is 0. The number of aliphatic hydroxyl groups is 2. The van der Waals surface area contributed by atoms with Crippen molar-refractivity contribution in [2.75, 3.05) is 0 Å². The molecule has 0 saturated heterocycles. The van der Waals surface area contributed by atoms with Gasteiger partial charge in [-0.25, -0.2) is 0 Å². The van der Waals surface area contributed by atoms with Gasteiger partial charge in [0, 0.05) is 0 Å². The quantitative estimate of drug-likeness (QED) is 0.698. The van der Waals surface area contributed by atoms with E-state index in [9.17, 15) is 0 Å². The van der Waals surface area contributed by atoms with Crippen molar-refractivity contribution in [2.24, 2.45) is 0 Å². The van der Waals surface area contributed by atoms with Crippen molar-refractivity contribution in [2.45, 2.75) is 78.4 Å². The van der Waals surface area contributed by atoms with Gasteiger partial charge in [-0.1, -0.05) is 40.5 Å². The third-order valence-electron chi connectivity index (χ3n) is 2.19. The molecule has 2 nitrogen and oxygen atoms in total. The Hall–Kier alpha value is -0.0800. The van der Waals surface area contributed by atoms with E-state index in [0.717, 1.165) is 38.5 Å². The van der Waals surface area contributed by atoms with Crippen LogP contribution in [0.4, 0.5) is 0 Å². The minimum atomic E-state index is -0.0509. The van der Waals surface area contributed by atoms with Crippen molar-refractivity contribution in [3.8, 4) is 0 Å². The predicted octanol–water partition coefficient (Wildman–Crippen LogP) is 3.11. The fourth-order valence-electron chi connectivity index (χ4n) is 1.07. The molecule has 0 radical (unpaired) electrons. The first-order valence-corrected chi connectivity index (χ1v) is 5.98. The Bertz CT molecular complexity index is 82.3. The smallest absolute Gasteiger partial charge is 0.0537 e. The second-order valence-electron chi connectivity index (χ2n) is 3.70. The minimum absolute atomic E-state index is 0.0509. The summed E-state index contributed by atoms with van der Waals surface area (Å²) in [5, 5.41) is 17.7. The zero-order valence-corrected chi connectivity index (χ0v) is 10.3. The molecule has 0 fully saturated rings. The SMILES string of the molecule is CCCC(O)CC.CCCC(O)CC. The van der Waals surface area contributed by atoms with Crippen LogP contribution in [0.2, 0.25) is 0 Å². The van der Waals surface area contributed by atoms with Crippen molar-refractivity contribution in [3.63, 3.8) is 0 Å². The minimum Gasteiger partial charge on any atom is -0.393 e. The Morgan fingerprint density at radius 2 is 1.00 bits per heavy atom. The summed E-state index contributed by atoms with van der Waals surface area (Å²) in [5.41, 5.74) is 0. The van der Waals surface area contributed by atoms with E-state index in [1.54, 1.807) is 0 Å². The molecule has 2 unspecified atom stereocenters. The molecule has 2 heteroatoms. The molecular weight excluding hydrogens is 176 g/mol. The summed E-state index contributed by atoms with van der Waals surface area (Å²) in [5.74, 6) is 0. The second-order valence-corrected chi connectivity index (χ2v) is 3.70. The zero-order valence-electron chi connectivity index (χ0n) is 10.3. The molecule has 0 aliphatic carbocycles. The van der Waals surface area contributed by atoms with Gasteiger partial charge < -0.3 is 10.2 Å². The van der Waals surface area contributed by atoms with Crippen molar-refractivity contribution in [1.82, 2.24) is 0 Å². The first kappa shape index (κ1) is 16.4. The second kappa shape index (κ2) is 12.9. The van der Waals surface area contributed by atoms with Gasteiger partial charge in [-0.2, -0.15) is 0 Å². The Morgan fingerprint density at radius 1 is 0.714 bits per heavy atom. The maximum absolute atomic E-state index is 8.86. The summed E-state index contributed by atoms with van der Waals surface area (Å²) >= 11 is 0. The Kier molecular flexibility index (Phi) is 15.1. The van der Waals surface area contributed by atoms with E-state index < -0.39 is 0 Å². The highest BCUT2D eigenvalue weighted by atomic mass is 16.3. The number of hydrogen-bond acceptors (Lipinski definition) is 2. The van der Waals surface area contributed by atoms with Crippen LogP contribution < -0.4 is 0 Å². The number of rotatable bonds is 6.